The molecular weight excluding hydrogens is 325 g/mol. The van der Waals surface area contributed by atoms with Crippen LogP contribution in [-0.4, -0.2) is 34.4 Å². The van der Waals surface area contributed by atoms with Gasteiger partial charge in [0.05, 0.1) is 6.54 Å². The molecule has 1 aromatic heterocycles. The Hall–Kier alpha value is -2.78. The predicted molar refractivity (Wildman–Crippen MR) is 81.1 cm³/mol. The van der Waals surface area contributed by atoms with E-state index in [0.717, 1.165) is 0 Å². The van der Waals surface area contributed by atoms with Crippen molar-refractivity contribution in [1.82, 2.24) is 25.4 Å². The minimum absolute atomic E-state index is 0.0144. The molecular formula is C14H17F3N6O. The number of alkyl halides is 2. The molecule has 2 rings (SSSR count). The molecule has 130 valence electrons. The van der Waals surface area contributed by atoms with Crippen LogP contribution < -0.4 is 15.4 Å². The van der Waals surface area contributed by atoms with Crippen molar-refractivity contribution in [3.8, 4) is 5.75 Å². The highest BCUT2D eigenvalue weighted by molar-refractivity contribution is 5.79. The molecule has 2 aromatic rings. The second kappa shape index (κ2) is 8.18. The van der Waals surface area contributed by atoms with Gasteiger partial charge in [-0.25, -0.2) is 9.37 Å². The fourth-order valence-corrected chi connectivity index (χ4v) is 1.95. The van der Waals surface area contributed by atoms with Gasteiger partial charge in [0.25, 0.3) is 0 Å². The van der Waals surface area contributed by atoms with E-state index in [-0.39, 0.29) is 17.9 Å². The highest BCUT2D eigenvalue weighted by Crippen LogP contribution is 2.23. The highest BCUT2D eigenvalue weighted by Gasteiger charge is 2.14. The average Bonchev–Trinajstić information content (AvgIpc) is 2.94. The van der Waals surface area contributed by atoms with Crippen molar-refractivity contribution < 1.29 is 17.9 Å². The van der Waals surface area contributed by atoms with Gasteiger partial charge < -0.3 is 15.4 Å². The maximum absolute atomic E-state index is 13.9. The van der Waals surface area contributed by atoms with Crippen LogP contribution in [0, 0.1) is 5.82 Å². The Labute approximate surface area is 136 Å². The molecule has 10 heteroatoms. The lowest BCUT2D eigenvalue weighted by atomic mass is 10.2. The van der Waals surface area contributed by atoms with Gasteiger partial charge >= 0.3 is 6.61 Å². The van der Waals surface area contributed by atoms with E-state index in [1.54, 1.807) is 11.7 Å². The molecule has 0 amide bonds. The third-order valence-electron chi connectivity index (χ3n) is 3.17. The zero-order valence-electron chi connectivity index (χ0n) is 13.1. The van der Waals surface area contributed by atoms with Gasteiger partial charge in [-0.3, -0.25) is 9.67 Å². The summed E-state index contributed by atoms with van der Waals surface area (Å²) in [6.45, 7) is -2.76. The van der Waals surface area contributed by atoms with E-state index in [2.05, 4.69) is 30.4 Å². The highest BCUT2D eigenvalue weighted by atomic mass is 19.3. The molecule has 0 saturated heterocycles. The van der Waals surface area contributed by atoms with Gasteiger partial charge in [-0.1, -0.05) is 6.07 Å². The van der Waals surface area contributed by atoms with Crippen molar-refractivity contribution in [3.05, 3.63) is 41.7 Å². The molecule has 0 aliphatic rings. The van der Waals surface area contributed by atoms with E-state index < -0.39 is 12.4 Å². The van der Waals surface area contributed by atoms with Gasteiger partial charge in [-0.2, -0.15) is 13.9 Å². The first-order chi connectivity index (χ1) is 11.5. The third-order valence-corrected chi connectivity index (χ3v) is 3.17. The van der Waals surface area contributed by atoms with Crippen LogP contribution in [0.4, 0.5) is 13.2 Å². The molecule has 0 unspecified atom stereocenters. The van der Waals surface area contributed by atoms with E-state index >= 15 is 0 Å². The lowest BCUT2D eigenvalue weighted by molar-refractivity contribution is -0.0506. The first-order valence-corrected chi connectivity index (χ1v) is 7.01. The van der Waals surface area contributed by atoms with Crippen LogP contribution in [0.5, 0.6) is 5.75 Å². The molecule has 0 aliphatic heterocycles. The SMILES string of the molecule is CN=C(NCc1c(F)cccc1OC(F)F)NCc1ncnn1C. The Kier molecular flexibility index (Phi) is 5.99. The van der Waals surface area contributed by atoms with Crippen LogP contribution in [0.2, 0.25) is 0 Å². The van der Waals surface area contributed by atoms with Crippen LogP contribution in [0.15, 0.2) is 29.5 Å². The van der Waals surface area contributed by atoms with Crippen molar-refractivity contribution >= 4 is 5.96 Å². The van der Waals surface area contributed by atoms with E-state index in [0.29, 0.717) is 18.3 Å². The quantitative estimate of drug-likeness (QED) is 0.613. The number of hydrogen-bond acceptors (Lipinski definition) is 4. The minimum atomic E-state index is -3.03. The molecule has 0 radical (unpaired) electrons. The Morgan fingerprint density at radius 1 is 1.33 bits per heavy atom. The second-order valence-electron chi connectivity index (χ2n) is 4.67. The Morgan fingerprint density at radius 2 is 2.08 bits per heavy atom. The number of guanidine groups is 1. The predicted octanol–water partition coefficient (Wildman–Crippen LogP) is 1.42. The summed E-state index contributed by atoms with van der Waals surface area (Å²) < 4.78 is 44.6. The maximum atomic E-state index is 13.9. The van der Waals surface area contributed by atoms with Gasteiger partial charge in [-0.15, -0.1) is 0 Å². The summed E-state index contributed by atoms with van der Waals surface area (Å²) in [7, 11) is 3.28. The summed E-state index contributed by atoms with van der Waals surface area (Å²) in [6, 6.07) is 3.75. The molecule has 0 atom stereocenters. The normalized spacial score (nSPS) is 11.7. The Bertz CT molecular complexity index is 704. The van der Waals surface area contributed by atoms with Gasteiger partial charge in [-0.05, 0) is 12.1 Å². The summed E-state index contributed by atoms with van der Waals surface area (Å²) in [5.74, 6) is 0.153. The first-order valence-electron chi connectivity index (χ1n) is 7.01. The molecule has 2 N–H and O–H groups in total. The van der Waals surface area contributed by atoms with Crippen LogP contribution in [0.3, 0.4) is 0 Å². The van der Waals surface area contributed by atoms with E-state index in [4.69, 9.17) is 0 Å². The molecule has 1 aromatic carbocycles. The number of nitrogens with zero attached hydrogens (tertiary/aromatic N) is 4. The number of aromatic nitrogens is 3. The van der Waals surface area contributed by atoms with Crippen molar-refractivity contribution in [3.63, 3.8) is 0 Å². The van der Waals surface area contributed by atoms with Gasteiger partial charge in [0, 0.05) is 26.2 Å². The maximum Gasteiger partial charge on any atom is 0.387 e. The van der Waals surface area contributed by atoms with Gasteiger partial charge in [0.15, 0.2) is 5.96 Å². The molecule has 0 saturated carbocycles. The number of aryl methyl sites for hydroxylation is 1. The van der Waals surface area contributed by atoms with Crippen molar-refractivity contribution in [2.24, 2.45) is 12.0 Å². The van der Waals surface area contributed by atoms with Crippen LogP contribution in [-0.2, 0) is 20.1 Å². The zero-order chi connectivity index (χ0) is 17.5. The summed E-state index contributed by atoms with van der Waals surface area (Å²) in [6.07, 6.45) is 1.42. The van der Waals surface area contributed by atoms with E-state index in [9.17, 15) is 13.2 Å². The van der Waals surface area contributed by atoms with Crippen LogP contribution >= 0.6 is 0 Å². The standard InChI is InChI=1S/C14H17F3N6O/c1-18-14(20-7-12-21-8-22-23(12)2)19-6-9-10(15)4-3-5-11(9)24-13(16)17/h3-5,8,13H,6-7H2,1-2H3,(H2,18,19,20). The minimum Gasteiger partial charge on any atom is -0.434 e. The molecule has 0 spiro atoms. The van der Waals surface area contributed by atoms with Crippen LogP contribution in [0.1, 0.15) is 11.4 Å². The van der Waals surface area contributed by atoms with Crippen molar-refractivity contribution in [1.29, 1.82) is 0 Å². The topological polar surface area (TPSA) is 76.4 Å². The van der Waals surface area contributed by atoms with E-state index in [1.165, 1.54) is 31.6 Å². The summed E-state index contributed by atoms with van der Waals surface area (Å²) in [5.41, 5.74) is -0.0144. The summed E-state index contributed by atoms with van der Waals surface area (Å²) >= 11 is 0. The number of ether oxygens (including phenoxy) is 1. The fourth-order valence-electron chi connectivity index (χ4n) is 1.95. The molecule has 0 aliphatic carbocycles. The largest absolute Gasteiger partial charge is 0.434 e. The Balaban J connectivity index is 1.99. The number of halogens is 3. The summed E-state index contributed by atoms with van der Waals surface area (Å²) in [4.78, 5) is 8.02. The zero-order valence-corrected chi connectivity index (χ0v) is 13.1. The van der Waals surface area contributed by atoms with E-state index in [1.807, 2.05) is 0 Å². The first kappa shape index (κ1) is 17.6. The molecule has 1 heterocycles. The number of aliphatic imine (C=N–C) groups is 1. The number of benzene rings is 1. The fraction of sp³-hybridized carbons (Fsp3) is 0.357. The third kappa shape index (κ3) is 4.61. The van der Waals surface area contributed by atoms with Crippen molar-refractivity contribution in [2.75, 3.05) is 7.05 Å². The van der Waals surface area contributed by atoms with Gasteiger partial charge in [0.1, 0.15) is 23.7 Å². The molecule has 0 bridgehead atoms. The second-order valence-corrected chi connectivity index (χ2v) is 4.67. The lowest BCUT2D eigenvalue weighted by Crippen LogP contribution is -2.37. The molecule has 0 fully saturated rings. The number of hydrogen-bond donors (Lipinski definition) is 2. The van der Waals surface area contributed by atoms with Gasteiger partial charge in [0.2, 0.25) is 0 Å². The average molecular weight is 342 g/mol. The Morgan fingerprint density at radius 3 is 2.71 bits per heavy atom. The monoisotopic (exact) mass is 342 g/mol. The number of nitrogens with one attached hydrogen (secondary N) is 2. The molecule has 24 heavy (non-hydrogen) atoms. The molecule has 7 nitrogen and oxygen atoms in total. The van der Waals surface area contributed by atoms with Crippen molar-refractivity contribution in [2.45, 2.75) is 19.7 Å². The number of rotatable bonds is 6. The lowest BCUT2D eigenvalue weighted by Gasteiger charge is -2.15. The summed E-state index contributed by atoms with van der Waals surface area (Å²) in [5, 5.41) is 9.74. The van der Waals surface area contributed by atoms with Crippen LogP contribution in [0.25, 0.3) is 0 Å². The smallest absolute Gasteiger partial charge is 0.387 e.